The van der Waals surface area contributed by atoms with Crippen LogP contribution in [-0.4, -0.2) is 26.9 Å². The molecule has 7 heteroatoms. The van der Waals surface area contributed by atoms with Gasteiger partial charge < -0.3 is 20.1 Å². The Bertz CT molecular complexity index is 934. The summed E-state index contributed by atoms with van der Waals surface area (Å²) in [5.74, 6) is 0.307. The topological polar surface area (TPSA) is 78.9 Å². The van der Waals surface area contributed by atoms with Gasteiger partial charge in [-0.2, -0.15) is 0 Å². The molecule has 3 rings (SSSR count). The van der Waals surface area contributed by atoms with E-state index < -0.39 is 11.5 Å². The van der Waals surface area contributed by atoms with Crippen molar-refractivity contribution < 1.29 is 19.4 Å². The number of amides is 1. The van der Waals surface area contributed by atoms with Crippen molar-refractivity contribution >= 4 is 38.0 Å². The number of fused-ring (bicyclic) bond motifs is 1. The first-order chi connectivity index (χ1) is 13.2. The summed E-state index contributed by atoms with van der Waals surface area (Å²) in [5.41, 5.74) is 1.38. The van der Waals surface area contributed by atoms with Gasteiger partial charge in [-0.3, -0.25) is 9.59 Å². The molecule has 0 saturated carbocycles. The van der Waals surface area contributed by atoms with Gasteiger partial charge in [0.2, 0.25) is 9.55 Å². The number of hydrogen-bond donors (Lipinski definition) is 2. The Morgan fingerprint density at radius 3 is 2.64 bits per heavy atom. The first kappa shape index (κ1) is 20.3. The fourth-order valence-electron chi connectivity index (χ4n) is 2.74. The predicted molar refractivity (Wildman–Crippen MR) is 115 cm³/mol. The van der Waals surface area contributed by atoms with Gasteiger partial charge in [-0.05, 0) is 37.6 Å². The quantitative estimate of drug-likeness (QED) is 0.478. The summed E-state index contributed by atoms with van der Waals surface area (Å²) in [6.45, 7) is 3.81. The highest BCUT2D eigenvalue weighted by Crippen LogP contribution is 2.35. The summed E-state index contributed by atoms with van der Waals surface area (Å²) in [6.07, 6.45) is 1.64. The van der Waals surface area contributed by atoms with Gasteiger partial charge in [-0.1, -0.05) is 30.3 Å². The molecule has 0 aliphatic carbocycles. The monoisotopic (exact) mass is 492 g/mol. The molecule has 0 radical (unpaired) electrons. The van der Waals surface area contributed by atoms with Gasteiger partial charge in [0.1, 0.15) is 0 Å². The minimum absolute atomic E-state index is 0.0240. The smallest absolute Gasteiger partial charge is 0.288 e. The molecule has 28 heavy (non-hydrogen) atoms. The van der Waals surface area contributed by atoms with Crippen LogP contribution in [0.25, 0.3) is 0 Å². The highest BCUT2D eigenvalue weighted by Gasteiger charge is 2.24. The third-order valence-electron chi connectivity index (χ3n) is 4.08. The van der Waals surface area contributed by atoms with Crippen molar-refractivity contribution in [2.24, 2.45) is 0 Å². The minimum Gasteiger partial charge on any atom is -0.448 e. The standard InChI is InChI=1S/C21H21IN2O4/c1-21(2,27)13-23-20(26)18-12-24(16-8-3-4-9-17(16)28-18)11-14-6-5-7-15(10-14)19(22)25/h3-10,12,27H,11,13H2,1-2H3,(H,23,26). The zero-order valence-electron chi connectivity index (χ0n) is 15.6. The first-order valence-corrected chi connectivity index (χ1v) is 9.85. The number of rotatable bonds is 6. The van der Waals surface area contributed by atoms with Crippen molar-refractivity contribution in [3.8, 4) is 5.75 Å². The molecule has 0 atom stereocenters. The van der Waals surface area contributed by atoms with E-state index in [0.717, 1.165) is 11.3 Å². The maximum Gasteiger partial charge on any atom is 0.288 e. The first-order valence-electron chi connectivity index (χ1n) is 8.78. The SMILES string of the molecule is CC(C)(O)CNC(=O)C1=CN(Cc2cccc(C(=O)I)c2)c2ccccc2O1. The van der Waals surface area contributed by atoms with Crippen LogP contribution in [0.1, 0.15) is 29.8 Å². The van der Waals surface area contributed by atoms with E-state index in [9.17, 15) is 14.7 Å². The predicted octanol–water partition coefficient (Wildman–Crippen LogP) is 3.39. The van der Waals surface area contributed by atoms with Crippen LogP contribution in [0.2, 0.25) is 0 Å². The molecular formula is C21H21IN2O4. The number of aliphatic hydroxyl groups is 1. The molecule has 0 saturated heterocycles. The zero-order valence-corrected chi connectivity index (χ0v) is 17.8. The highest BCUT2D eigenvalue weighted by molar-refractivity contribution is 14.1. The van der Waals surface area contributed by atoms with Gasteiger partial charge in [0.15, 0.2) is 5.75 Å². The summed E-state index contributed by atoms with van der Waals surface area (Å²) < 4.78 is 5.74. The van der Waals surface area contributed by atoms with Crippen LogP contribution < -0.4 is 15.0 Å². The Morgan fingerprint density at radius 2 is 1.93 bits per heavy atom. The molecule has 2 aromatic carbocycles. The van der Waals surface area contributed by atoms with Gasteiger partial charge in [-0.25, -0.2) is 0 Å². The average molecular weight is 492 g/mol. The molecule has 2 aromatic rings. The number of benzene rings is 2. The van der Waals surface area contributed by atoms with Crippen LogP contribution in [0.15, 0.2) is 60.5 Å². The van der Waals surface area contributed by atoms with Crippen molar-refractivity contribution in [3.05, 3.63) is 71.6 Å². The number of ether oxygens (including phenoxy) is 1. The molecule has 146 valence electrons. The Balaban J connectivity index is 1.87. The fraction of sp³-hybridized carbons (Fsp3) is 0.238. The third kappa shape index (κ3) is 5.11. The minimum atomic E-state index is -1.02. The largest absolute Gasteiger partial charge is 0.448 e. The number of anilines is 1. The third-order valence-corrected chi connectivity index (χ3v) is 4.70. The molecule has 2 N–H and O–H groups in total. The lowest BCUT2D eigenvalue weighted by molar-refractivity contribution is -0.120. The summed E-state index contributed by atoms with van der Waals surface area (Å²) in [6, 6.07) is 14.8. The second-order valence-corrected chi connectivity index (χ2v) is 8.14. The average Bonchev–Trinajstić information content (AvgIpc) is 2.65. The molecule has 0 fully saturated rings. The summed E-state index contributed by atoms with van der Waals surface area (Å²) in [7, 11) is 0. The van der Waals surface area contributed by atoms with Crippen LogP contribution in [0, 0.1) is 0 Å². The van der Waals surface area contributed by atoms with Crippen LogP contribution in [0.3, 0.4) is 0 Å². The lowest BCUT2D eigenvalue weighted by atomic mass is 10.1. The molecular weight excluding hydrogens is 471 g/mol. The van der Waals surface area contributed by atoms with Crippen molar-refractivity contribution in [2.45, 2.75) is 26.0 Å². The van der Waals surface area contributed by atoms with Crippen LogP contribution in [0.4, 0.5) is 5.69 Å². The molecule has 6 nitrogen and oxygen atoms in total. The maximum atomic E-state index is 12.5. The number of nitrogens with one attached hydrogen (secondary N) is 1. The van der Waals surface area contributed by atoms with E-state index in [1.807, 2.05) is 41.3 Å². The molecule has 1 amide bonds. The Hall–Kier alpha value is -2.39. The van der Waals surface area contributed by atoms with E-state index in [0.29, 0.717) is 17.9 Å². The van der Waals surface area contributed by atoms with E-state index in [1.54, 1.807) is 54.8 Å². The number of carbonyl (C=O) groups excluding carboxylic acids is 2. The van der Waals surface area contributed by atoms with Gasteiger partial charge >= 0.3 is 0 Å². The van der Waals surface area contributed by atoms with Crippen molar-refractivity contribution in [1.82, 2.24) is 5.32 Å². The van der Waals surface area contributed by atoms with Crippen molar-refractivity contribution in [3.63, 3.8) is 0 Å². The summed E-state index contributed by atoms with van der Waals surface area (Å²) >= 11 is 1.77. The Labute approximate surface area is 177 Å². The van der Waals surface area contributed by atoms with Crippen LogP contribution in [0.5, 0.6) is 5.75 Å². The molecule has 0 spiro atoms. The van der Waals surface area contributed by atoms with E-state index in [2.05, 4.69) is 5.32 Å². The number of halogens is 1. The number of carbonyl (C=O) groups is 2. The highest BCUT2D eigenvalue weighted by atomic mass is 127. The van der Waals surface area contributed by atoms with Gasteiger partial charge in [0, 0.05) is 41.2 Å². The fourth-order valence-corrected chi connectivity index (χ4v) is 3.08. The summed E-state index contributed by atoms with van der Waals surface area (Å²) in [4.78, 5) is 26.1. The van der Waals surface area contributed by atoms with Gasteiger partial charge in [0.05, 0.1) is 17.5 Å². The van der Waals surface area contributed by atoms with E-state index in [4.69, 9.17) is 4.74 Å². The molecule has 1 aliphatic rings. The van der Waals surface area contributed by atoms with Crippen LogP contribution >= 0.6 is 22.6 Å². The van der Waals surface area contributed by atoms with E-state index in [-0.39, 0.29) is 16.1 Å². The molecule has 0 bridgehead atoms. The van der Waals surface area contributed by atoms with E-state index in [1.165, 1.54) is 0 Å². The van der Waals surface area contributed by atoms with Gasteiger partial charge in [-0.15, -0.1) is 0 Å². The van der Waals surface area contributed by atoms with Crippen LogP contribution in [-0.2, 0) is 11.3 Å². The second kappa shape index (κ2) is 8.32. The normalized spacial score (nSPS) is 13.3. The van der Waals surface area contributed by atoms with Crippen molar-refractivity contribution in [1.29, 1.82) is 0 Å². The lowest BCUT2D eigenvalue weighted by Gasteiger charge is -2.29. The molecule has 0 unspecified atom stereocenters. The molecule has 0 aromatic heterocycles. The second-order valence-electron chi connectivity index (χ2n) is 7.16. The Kier molecular flexibility index (Phi) is 6.04. The zero-order chi connectivity index (χ0) is 20.3. The number of hydrogen-bond acceptors (Lipinski definition) is 5. The van der Waals surface area contributed by atoms with E-state index >= 15 is 0 Å². The maximum absolute atomic E-state index is 12.5. The number of nitrogens with zero attached hydrogens (tertiary/aromatic N) is 1. The Morgan fingerprint density at radius 1 is 1.18 bits per heavy atom. The molecule has 1 heterocycles. The number of para-hydroxylation sites is 2. The summed E-state index contributed by atoms with van der Waals surface area (Å²) in [5, 5.41) is 12.5. The van der Waals surface area contributed by atoms with Gasteiger partial charge in [0.25, 0.3) is 5.91 Å². The molecule has 1 aliphatic heterocycles. The van der Waals surface area contributed by atoms with Crippen molar-refractivity contribution in [2.75, 3.05) is 11.4 Å². The lowest BCUT2D eigenvalue weighted by Crippen LogP contribution is -2.40.